The van der Waals surface area contributed by atoms with Crippen LogP contribution in [-0.2, 0) is 4.79 Å². The second kappa shape index (κ2) is 10.1. The molecular weight excluding hydrogens is 251 g/mol. The minimum absolute atomic E-state index is 0.519. The molecule has 0 aromatic rings. The molecule has 1 atom stereocenters. The Hall–Kier alpha value is -0.0300. The molecule has 0 bridgehead atoms. The van der Waals surface area contributed by atoms with E-state index < -0.39 is 12.0 Å². The van der Waals surface area contributed by atoms with Crippen molar-refractivity contribution in [1.29, 1.82) is 0 Å². The van der Waals surface area contributed by atoms with Gasteiger partial charge in [0.1, 0.15) is 6.04 Å². The summed E-state index contributed by atoms with van der Waals surface area (Å²) in [6, 6.07) is -0.741. The van der Waals surface area contributed by atoms with Crippen molar-refractivity contribution < 1.29 is 9.90 Å². The lowest BCUT2D eigenvalue weighted by Crippen LogP contribution is -2.31. The Bertz CT molecular complexity index is 188. The molecule has 6 heteroatoms. The molecule has 96 valence electrons. The van der Waals surface area contributed by atoms with Gasteiger partial charge in [0.05, 0.1) is 0 Å². The van der Waals surface area contributed by atoms with Crippen LogP contribution in [0.4, 0.5) is 0 Å². The van der Waals surface area contributed by atoms with Crippen LogP contribution in [0.3, 0.4) is 0 Å². The molecule has 16 heavy (non-hydrogen) atoms. The van der Waals surface area contributed by atoms with Gasteiger partial charge < -0.3 is 15.7 Å². The summed E-state index contributed by atoms with van der Waals surface area (Å²) >= 11 is 11.3. The topological polar surface area (TPSA) is 66.6 Å². The largest absolute Gasteiger partial charge is 0.480 e. The average molecular weight is 271 g/mol. The number of carboxylic acids is 1. The summed E-state index contributed by atoms with van der Waals surface area (Å²) in [5.74, 6) is 0.246. The van der Waals surface area contributed by atoms with Gasteiger partial charge in [-0.3, -0.25) is 4.79 Å². The molecule has 0 rings (SSSR count). The summed E-state index contributed by atoms with van der Waals surface area (Å²) in [7, 11) is 0. The Balaban J connectivity index is 3.57. The quantitative estimate of drug-likeness (QED) is 0.465. The summed E-state index contributed by atoms with van der Waals surface area (Å²) in [6.45, 7) is 2.53. The molecule has 3 N–H and O–H groups in total. The van der Waals surface area contributed by atoms with Gasteiger partial charge in [-0.25, -0.2) is 0 Å². The smallest absolute Gasteiger partial charge is 0.320 e. The van der Waals surface area contributed by atoms with E-state index in [0.29, 0.717) is 18.2 Å². The van der Waals surface area contributed by atoms with E-state index in [9.17, 15) is 4.79 Å². The van der Waals surface area contributed by atoms with Gasteiger partial charge in [0.2, 0.25) is 0 Å². The van der Waals surface area contributed by atoms with Crippen molar-refractivity contribution in [1.82, 2.24) is 4.90 Å². The molecular formula is C10H20Cl2N2O2. The van der Waals surface area contributed by atoms with E-state index in [0.717, 1.165) is 32.5 Å². The maximum atomic E-state index is 10.5. The van der Waals surface area contributed by atoms with Crippen LogP contribution in [0, 0.1) is 0 Å². The van der Waals surface area contributed by atoms with Crippen LogP contribution in [0.5, 0.6) is 0 Å². The zero-order chi connectivity index (χ0) is 12.4. The zero-order valence-electron chi connectivity index (χ0n) is 9.37. The number of hydrogen-bond acceptors (Lipinski definition) is 3. The lowest BCUT2D eigenvalue weighted by atomic mass is 10.1. The van der Waals surface area contributed by atoms with Crippen molar-refractivity contribution in [3.8, 4) is 0 Å². The highest BCUT2D eigenvalue weighted by molar-refractivity contribution is 6.18. The van der Waals surface area contributed by atoms with Crippen LogP contribution >= 0.6 is 23.2 Å². The van der Waals surface area contributed by atoms with Gasteiger partial charge in [-0.15, -0.1) is 23.2 Å². The van der Waals surface area contributed by atoms with Crippen LogP contribution in [-0.4, -0.2) is 53.4 Å². The normalized spacial score (nSPS) is 13.0. The summed E-state index contributed by atoms with van der Waals surface area (Å²) < 4.78 is 0. The molecule has 0 radical (unpaired) electrons. The Labute approximate surface area is 107 Å². The Morgan fingerprint density at radius 1 is 1.19 bits per heavy atom. The van der Waals surface area contributed by atoms with Crippen LogP contribution in [0.2, 0.25) is 0 Å². The molecule has 0 saturated heterocycles. The van der Waals surface area contributed by atoms with Crippen molar-refractivity contribution in [2.75, 3.05) is 31.4 Å². The minimum Gasteiger partial charge on any atom is -0.480 e. The van der Waals surface area contributed by atoms with E-state index >= 15 is 0 Å². The van der Waals surface area contributed by atoms with Crippen LogP contribution in [0.25, 0.3) is 0 Å². The van der Waals surface area contributed by atoms with Gasteiger partial charge in [0.15, 0.2) is 0 Å². The Kier molecular flexibility index (Phi) is 10.1. The van der Waals surface area contributed by atoms with Gasteiger partial charge >= 0.3 is 5.97 Å². The summed E-state index contributed by atoms with van der Waals surface area (Å²) in [5, 5.41) is 8.59. The van der Waals surface area contributed by atoms with Crippen LogP contribution in [0.1, 0.15) is 19.3 Å². The molecule has 0 aliphatic carbocycles. The molecule has 4 nitrogen and oxygen atoms in total. The first-order valence-electron chi connectivity index (χ1n) is 5.44. The van der Waals surface area contributed by atoms with Gasteiger partial charge in [-0.2, -0.15) is 0 Å². The maximum absolute atomic E-state index is 10.5. The number of carbonyl (C=O) groups is 1. The van der Waals surface area contributed by atoms with Crippen molar-refractivity contribution in [2.24, 2.45) is 5.73 Å². The first-order chi connectivity index (χ1) is 7.61. The highest BCUT2D eigenvalue weighted by Gasteiger charge is 2.10. The predicted octanol–water partition coefficient (Wildman–Crippen LogP) is 1.35. The fourth-order valence-corrected chi connectivity index (χ4v) is 1.88. The van der Waals surface area contributed by atoms with Crippen molar-refractivity contribution in [3.63, 3.8) is 0 Å². The van der Waals surface area contributed by atoms with Crippen molar-refractivity contribution >= 4 is 29.2 Å². The molecule has 0 aliphatic rings. The molecule has 0 saturated carbocycles. The number of aliphatic carboxylic acids is 1. The monoisotopic (exact) mass is 270 g/mol. The lowest BCUT2D eigenvalue weighted by molar-refractivity contribution is -0.138. The molecule has 0 spiro atoms. The third-order valence-corrected chi connectivity index (χ3v) is 2.70. The number of nitrogens with two attached hydrogens (primary N) is 1. The number of nitrogens with zero attached hydrogens (tertiary/aromatic N) is 1. The first kappa shape index (κ1) is 16.0. The molecule has 0 heterocycles. The highest BCUT2D eigenvalue weighted by atomic mass is 35.5. The van der Waals surface area contributed by atoms with Gasteiger partial charge in [0, 0.05) is 24.8 Å². The average Bonchev–Trinajstić information content (AvgIpc) is 2.24. The summed E-state index contributed by atoms with van der Waals surface area (Å²) in [4.78, 5) is 12.6. The SMILES string of the molecule is NC(CCCCN(CCCl)CCCl)C(=O)O. The van der Waals surface area contributed by atoms with Crippen LogP contribution < -0.4 is 5.73 Å². The van der Waals surface area contributed by atoms with E-state index in [1.54, 1.807) is 0 Å². The van der Waals surface area contributed by atoms with Gasteiger partial charge in [-0.05, 0) is 19.4 Å². The van der Waals surface area contributed by atoms with Crippen molar-refractivity contribution in [2.45, 2.75) is 25.3 Å². The molecule has 1 unspecified atom stereocenters. The van der Waals surface area contributed by atoms with Gasteiger partial charge in [-0.1, -0.05) is 6.42 Å². The van der Waals surface area contributed by atoms with Crippen LogP contribution in [0.15, 0.2) is 0 Å². The number of halogens is 2. The number of carboxylic acid groups (broad SMARTS) is 1. The minimum atomic E-state index is -0.932. The number of rotatable bonds is 10. The van der Waals surface area contributed by atoms with E-state index in [-0.39, 0.29) is 0 Å². The summed E-state index contributed by atoms with van der Waals surface area (Å²) in [5.41, 5.74) is 5.40. The second-order valence-electron chi connectivity index (χ2n) is 3.66. The molecule has 0 aromatic carbocycles. The third-order valence-electron chi connectivity index (χ3n) is 2.36. The first-order valence-corrected chi connectivity index (χ1v) is 6.51. The number of alkyl halides is 2. The zero-order valence-corrected chi connectivity index (χ0v) is 10.9. The molecule has 0 fully saturated rings. The Morgan fingerprint density at radius 3 is 2.19 bits per heavy atom. The molecule has 0 amide bonds. The van der Waals surface area contributed by atoms with Gasteiger partial charge in [0.25, 0.3) is 0 Å². The van der Waals surface area contributed by atoms with E-state index in [2.05, 4.69) is 4.90 Å². The maximum Gasteiger partial charge on any atom is 0.320 e. The number of hydrogen-bond donors (Lipinski definition) is 2. The van der Waals surface area contributed by atoms with Crippen molar-refractivity contribution in [3.05, 3.63) is 0 Å². The highest BCUT2D eigenvalue weighted by Crippen LogP contribution is 2.02. The Morgan fingerprint density at radius 2 is 1.75 bits per heavy atom. The fraction of sp³-hybridized carbons (Fsp3) is 0.900. The summed E-state index contributed by atoms with van der Waals surface area (Å²) in [6.07, 6.45) is 2.26. The van der Waals surface area contributed by atoms with E-state index in [1.807, 2.05) is 0 Å². The standard InChI is InChI=1S/C10H20Cl2N2O2/c11-4-7-14(8-5-12)6-2-1-3-9(13)10(15)16/h9H,1-8,13H2,(H,15,16). The fourth-order valence-electron chi connectivity index (χ4n) is 1.40. The molecule has 0 aliphatic heterocycles. The third kappa shape index (κ3) is 8.16. The van der Waals surface area contributed by atoms with E-state index in [4.69, 9.17) is 34.0 Å². The molecule has 0 aromatic heterocycles. The lowest BCUT2D eigenvalue weighted by Gasteiger charge is -2.19. The second-order valence-corrected chi connectivity index (χ2v) is 4.42. The number of unbranched alkanes of at least 4 members (excludes halogenated alkanes) is 1. The predicted molar refractivity (Wildman–Crippen MR) is 67.3 cm³/mol. The van der Waals surface area contributed by atoms with E-state index in [1.165, 1.54) is 0 Å².